The molecule has 108 valence electrons. The molecule has 0 aliphatic carbocycles. The Hall–Kier alpha value is -2.41. The number of non-ortho nitro benzene ring substituents is 1. The summed E-state index contributed by atoms with van der Waals surface area (Å²) < 4.78 is 5.52. The number of nitrogens with zero attached hydrogens (tertiary/aromatic N) is 2. The number of aromatic nitrogens is 1. The molecule has 2 aromatic heterocycles. The first kappa shape index (κ1) is 13.6. The van der Waals surface area contributed by atoms with Crippen molar-refractivity contribution >= 4 is 34.1 Å². The van der Waals surface area contributed by atoms with Crippen LogP contribution in [-0.4, -0.2) is 15.9 Å². The van der Waals surface area contributed by atoms with E-state index in [4.69, 9.17) is 4.42 Å². The van der Waals surface area contributed by atoms with Crippen LogP contribution >= 0.6 is 11.3 Å². The van der Waals surface area contributed by atoms with Crippen LogP contribution in [0.15, 0.2) is 39.4 Å². The van der Waals surface area contributed by atoms with Crippen molar-refractivity contribution in [3.8, 4) is 0 Å². The Balaban J connectivity index is 1.76. The van der Waals surface area contributed by atoms with Crippen LogP contribution in [-0.2, 0) is 6.42 Å². The van der Waals surface area contributed by atoms with Gasteiger partial charge in [0, 0.05) is 12.1 Å². The van der Waals surface area contributed by atoms with Gasteiger partial charge in [-0.25, -0.2) is 0 Å². The fraction of sp³-hybridized carbons (Fsp3) is 0.214. The number of hydrogen-bond donors (Lipinski definition) is 1. The molecule has 2 heterocycles. The minimum absolute atomic E-state index is 0.00322. The Morgan fingerprint density at radius 3 is 3.05 bits per heavy atom. The van der Waals surface area contributed by atoms with Gasteiger partial charge in [-0.1, -0.05) is 0 Å². The van der Waals surface area contributed by atoms with Gasteiger partial charge < -0.3 is 9.73 Å². The molecule has 0 bridgehead atoms. The van der Waals surface area contributed by atoms with Crippen molar-refractivity contribution < 1.29 is 9.34 Å². The van der Waals surface area contributed by atoms with E-state index in [9.17, 15) is 10.1 Å². The average molecular weight is 303 g/mol. The van der Waals surface area contributed by atoms with Gasteiger partial charge in [0.2, 0.25) is 0 Å². The molecule has 1 unspecified atom stereocenters. The lowest BCUT2D eigenvalue weighted by atomic mass is 10.1. The second-order valence-electron chi connectivity index (χ2n) is 4.81. The van der Waals surface area contributed by atoms with Gasteiger partial charge in [0.1, 0.15) is 5.52 Å². The van der Waals surface area contributed by atoms with Gasteiger partial charge >= 0.3 is 0 Å². The number of nitrogens with one attached hydrogen (secondary N) is 1. The number of rotatable bonds is 5. The van der Waals surface area contributed by atoms with Crippen molar-refractivity contribution in [1.29, 1.82) is 0 Å². The third-order valence-corrected chi connectivity index (χ3v) is 3.81. The first-order chi connectivity index (χ1) is 10.1. The summed E-state index contributed by atoms with van der Waals surface area (Å²) >= 11 is 1.67. The third-order valence-electron chi connectivity index (χ3n) is 3.07. The minimum Gasteiger partial charge on any atom is -0.423 e. The maximum atomic E-state index is 10.7. The van der Waals surface area contributed by atoms with Crippen LogP contribution in [0.25, 0.3) is 11.1 Å². The van der Waals surface area contributed by atoms with E-state index < -0.39 is 4.92 Å². The molecule has 1 atom stereocenters. The smallest absolute Gasteiger partial charge is 0.295 e. The number of nitro benzene ring substituents is 1. The standard InChI is InChI=1S/C14H13N3O3S/c1-9(6-10-4-5-21-8-10)15-14-16-12-3-2-11(17(18)19)7-13(12)20-14/h2-5,7-9H,6H2,1H3,(H,15,16). The average Bonchev–Trinajstić information content (AvgIpc) is 3.05. The van der Waals surface area contributed by atoms with Crippen molar-refractivity contribution in [2.24, 2.45) is 0 Å². The quantitative estimate of drug-likeness (QED) is 0.572. The molecule has 0 fully saturated rings. The van der Waals surface area contributed by atoms with Gasteiger partial charge in [-0.2, -0.15) is 16.3 Å². The van der Waals surface area contributed by atoms with Gasteiger partial charge in [0.05, 0.1) is 11.0 Å². The monoisotopic (exact) mass is 303 g/mol. The van der Waals surface area contributed by atoms with E-state index >= 15 is 0 Å². The molecule has 0 spiro atoms. The molecule has 0 aliphatic heterocycles. The number of oxazole rings is 1. The first-order valence-corrected chi connectivity index (χ1v) is 7.38. The number of benzene rings is 1. The maximum absolute atomic E-state index is 10.7. The predicted octanol–water partition coefficient (Wildman–Crippen LogP) is 3.84. The Morgan fingerprint density at radius 2 is 2.33 bits per heavy atom. The maximum Gasteiger partial charge on any atom is 0.295 e. The highest BCUT2D eigenvalue weighted by molar-refractivity contribution is 7.07. The van der Waals surface area contributed by atoms with Gasteiger partial charge in [-0.05, 0) is 41.8 Å². The molecule has 0 aliphatic rings. The highest BCUT2D eigenvalue weighted by Gasteiger charge is 2.13. The highest BCUT2D eigenvalue weighted by atomic mass is 32.1. The van der Waals surface area contributed by atoms with Crippen molar-refractivity contribution in [3.05, 3.63) is 50.7 Å². The summed E-state index contributed by atoms with van der Waals surface area (Å²) in [6.07, 6.45) is 0.863. The van der Waals surface area contributed by atoms with Gasteiger partial charge in [-0.3, -0.25) is 10.1 Å². The lowest BCUT2D eigenvalue weighted by molar-refractivity contribution is -0.384. The van der Waals surface area contributed by atoms with E-state index in [0.717, 1.165) is 6.42 Å². The Labute approximate surface area is 124 Å². The number of anilines is 1. The van der Waals surface area contributed by atoms with Crippen LogP contribution in [0.3, 0.4) is 0 Å². The summed E-state index contributed by atoms with van der Waals surface area (Å²) in [6, 6.07) is 7.01. The van der Waals surface area contributed by atoms with E-state index in [1.165, 1.54) is 17.7 Å². The molecule has 7 heteroatoms. The van der Waals surface area contributed by atoms with Crippen molar-refractivity contribution in [2.75, 3.05) is 5.32 Å². The fourth-order valence-corrected chi connectivity index (χ4v) is 2.79. The second kappa shape index (κ2) is 5.53. The van der Waals surface area contributed by atoms with Gasteiger partial charge in [0.15, 0.2) is 5.58 Å². The largest absolute Gasteiger partial charge is 0.423 e. The summed E-state index contributed by atoms with van der Waals surface area (Å²) in [5.74, 6) is 0. The molecule has 1 N–H and O–H groups in total. The van der Waals surface area contributed by atoms with Gasteiger partial charge in [-0.15, -0.1) is 0 Å². The van der Waals surface area contributed by atoms with Crippen molar-refractivity contribution in [2.45, 2.75) is 19.4 Å². The predicted molar refractivity (Wildman–Crippen MR) is 81.8 cm³/mol. The zero-order chi connectivity index (χ0) is 14.8. The number of nitro groups is 1. The number of fused-ring (bicyclic) bond motifs is 1. The molecule has 3 rings (SSSR count). The second-order valence-corrected chi connectivity index (χ2v) is 5.59. The molecule has 1 aromatic carbocycles. The van der Waals surface area contributed by atoms with Crippen molar-refractivity contribution in [1.82, 2.24) is 4.98 Å². The minimum atomic E-state index is -0.450. The van der Waals surface area contributed by atoms with Gasteiger partial charge in [0.25, 0.3) is 11.7 Å². The summed E-state index contributed by atoms with van der Waals surface area (Å²) in [7, 11) is 0. The molecule has 0 saturated carbocycles. The van der Waals surface area contributed by atoms with Crippen LogP contribution in [0, 0.1) is 10.1 Å². The van der Waals surface area contributed by atoms with Crippen LogP contribution in [0.4, 0.5) is 11.7 Å². The van der Waals surface area contributed by atoms with E-state index in [1.807, 2.05) is 12.3 Å². The molecule has 6 nitrogen and oxygen atoms in total. The highest BCUT2D eigenvalue weighted by Crippen LogP contribution is 2.24. The van der Waals surface area contributed by atoms with Crippen LogP contribution in [0.1, 0.15) is 12.5 Å². The van der Waals surface area contributed by atoms with Crippen molar-refractivity contribution in [3.63, 3.8) is 0 Å². The SMILES string of the molecule is CC(Cc1ccsc1)Nc1nc2ccc([N+](=O)[O-])cc2o1. The van der Waals surface area contributed by atoms with E-state index in [2.05, 4.69) is 21.7 Å². The van der Waals surface area contributed by atoms with E-state index in [1.54, 1.807) is 17.4 Å². The van der Waals surface area contributed by atoms with Crippen LogP contribution in [0.2, 0.25) is 0 Å². The molecule has 21 heavy (non-hydrogen) atoms. The lowest BCUT2D eigenvalue weighted by Gasteiger charge is -2.10. The Morgan fingerprint density at radius 1 is 1.48 bits per heavy atom. The molecule has 0 radical (unpaired) electrons. The summed E-state index contributed by atoms with van der Waals surface area (Å²) in [4.78, 5) is 14.6. The third kappa shape index (κ3) is 3.03. The van der Waals surface area contributed by atoms with Crippen LogP contribution in [0.5, 0.6) is 0 Å². The molecule has 0 saturated heterocycles. The zero-order valence-corrected chi connectivity index (χ0v) is 12.1. The molecule has 0 amide bonds. The molecular weight excluding hydrogens is 290 g/mol. The summed E-state index contributed by atoms with van der Waals surface area (Å²) in [5.41, 5.74) is 2.27. The number of hydrogen-bond acceptors (Lipinski definition) is 6. The number of thiophene rings is 1. The first-order valence-electron chi connectivity index (χ1n) is 6.44. The molecular formula is C14H13N3O3S. The van der Waals surface area contributed by atoms with E-state index in [-0.39, 0.29) is 11.7 Å². The zero-order valence-electron chi connectivity index (χ0n) is 11.3. The summed E-state index contributed by atoms with van der Waals surface area (Å²) in [5, 5.41) is 18.1. The fourth-order valence-electron chi connectivity index (χ4n) is 2.11. The lowest BCUT2D eigenvalue weighted by Crippen LogP contribution is -2.17. The normalized spacial score (nSPS) is 12.4. The van der Waals surface area contributed by atoms with E-state index in [0.29, 0.717) is 17.1 Å². The molecule has 3 aromatic rings. The summed E-state index contributed by atoms with van der Waals surface area (Å²) in [6.45, 7) is 2.04. The topological polar surface area (TPSA) is 81.2 Å². The Kier molecular flexibility index (Phi) is 3.57. The van der Waals surface area contributed by atoms with Crippen LogP contribution < -0.4 is 5.32 Å². The Bertz CT molecular complexity index is 767.